The van der Waals surface area contributed by atoms with E-state index in [0.29, 0.717) is 23.1 Å². The minimum atomic E-state index is 0.557. The lowest BCUT2D eigenvalue weighted by Crippen LogP contribution is -1.96. The summed E-state index contributed by atoms with van der Waals surface area (Å²) in [6.45, 7) is 4.12. The van der Waals surface area contributed by atoms with Crippen molar-refractivity contribution in [3.8, 4) is 39.8 Å². The van der Waals surface area contributed by atoms with Crippen LogP contribution >= 0.6 is 0 Å². The van der Waals surface area contributed by atoms with Crippen molar-refractivity contribution in [3.63, 3.8) is 0 Å². The maximum absolute atomic E-state index is 6.12. The molecule has 0 unspecified atom stereocenters. The molecule has 0 saturated heterocycles. The summed E-state index contributed by atoms with van der Waals surface area (Å²) in [5.74, 6) is 2.41. The van der Waals surface area contributed by atoms with Crippen molar-refractivity contribution in [2.24, 2.45) is 0 Å². The van der Waals surface area contributed by atoms with Gasteiger partial charge in [0.25, 0.3) is 0 Å². The summed E-state index contributed by atoms with van der Waals surface area (Å²) in [7, 11) is 4.82. The fraction of sp³-hybridized carbons (Fsp3) is 0.208. The Labute approximate surface area is 169 Å². The van der Waals surface area contributed by atoms with Crippen LogP contribution in [0.5, 0.6) is 17.2 Å². The Kier molecular flexibility index (Phi) is 4.89. The molecule has 0 N–H and O–H groups in total. The number of hydrogen-bond donors (Lipinski definition) is 0. The van der Waals surface area contributed by atoms with Gasteiger partial charge in [-0.05, 0) is 55.3 Å². The number of aromatic nitrogens is 1. The van der Waals surface area contributed by atoms with Crippen molar-refractivity contribution in [2.75, 3.05) is 21.3 Å². The topological polar surface area (TPSA) is 53.7 Å². The molecule has 0 aliphatic heterocycles. The number of nitrogens with zero attached hydrogens (tertiary/aromatic N) is 1. The minimum Gasteiger partial charge on any atom is -0.493 e. The largest absolute Gasteiger partial charge is 0.493 e. The zero-order valence-corrected chi connectivity index (χ0v) is 17.2. The molecule has 1 aromatic heterocycles. The Morgan fingerprint density at radius 1 is 0.759 bits per heavy atom. The number of benzene rings is 3. The Morgan fingerprint density at radius 2 is 1.55 bits per heavy atom. The molecule has 0 aliphatic rings. The molecule has 0 fully saturated rings. The Bertz CT molecular complexity index is 1190. The van der Waals surface area contributed by atoms with Crippen LogP contribution in [0.3, 0.4) is 0 Å². The van der Waals surface area contributed by atoms with E-state index >= 15 is 0 Å². The summed E-state index contributed by atoms with van der Waals surface area (Å²) in [6, 6.07) is 16.0. The molecule has 5 nitrogen and oxygen atoms in total. The van der Waals surface area contributed by atoms with Crippen molar-refractivity contribution in [1.29, 1.82) is 0 Å². The fourth-order valence-corrected chi connectivity index (χ4v) is 3.50. The van der Waals surface area contributed by atoms with Crippen molar-refractivity contribution in [1.82, 2.24) is 4.98 Å². The monoisotopic (exact) mass is 389 g/mol. The van der Waals surface area contributed by atoms with Gasteiger partial charge in [0.1, 0.15) is 5.52 Å². The lowest BCUT2D eigenvalue weighted by Gasteiger charge is -2.15. The quantitative estimate of drug-likeness (QED) is 0.431. The summed E-state index contributed by atoms with van der Waals surface area (Å²) in [4.78, 5) is 4.68. The lowest BCUT2D eigenvalue weighted by atomic mass is 10.0. The first-order chi connectivity index (χ1) is 14.0. The van der Waals surface area contributed by atoms with Gasteiger partial charge in [0.05, 0.1) is 21.3 Å². The second-order valence-electron chi connectivity index (χ2n) is 6.90. The number of methoxy groups -OCH3 is 3. The van der Waals surface area contributed by atoms with Crippen LogP contribution in [0.25, 0.3) is 33.7 Å². The van der Waals surface area contributed by atoms with E-state index in [9.17, 15) is 0 Å². The third kappa shape index (κ3) is 3.29. The van der Waals surface area contributed by atoms with Crippen LogP contribution in [0.15, 0.2) is 52.9 Å². The van der Waals surface area contributed by atoms with Gasteiger partial charge in [-0.15, -0.1) is 0 Å². The first-order valence-corrected chi connectivity index (χ1v) is 9.33. The molecule has 4 aromatic rings. The third-order valence-corrected chi connectivity index (χ3v) is 5.03. The molecule has 0 amide bonds. The van der Waals surface area contributed by atoms with Gasteiger partial charge in [-0.2, -0.15) is 0 Å². The number of rotatable bonds is 5. The molecule has 0 spiro atoms. The molecule has 0 bridgehead atoms. The van der Waals surface area contributed by atoms with Gasteiger partial charge >= 0.3 is 0 Å². The number of aryl methyl sites for hydroxylation is 2. The molecule has 0 atom stereocenters. The average molecular weight is 389 g/mol. The van der Waals surface area contributed by atoms with Gasteiger partial charge < -0.3 is 18.6 Å². The first kappa shape index (κ1) is 18.9. The van der Waals surface area contributed by atoms with Crippen LogP contribution in [-0.2, 0) is 0 Å². The molecule has 4 rings (SSSR count). The van der Waals surface area contributed by atoms with Crippen molar-refractivity contribution in [3.05, 3.63) is 59.7 Å². The van der Waals surface area contributed by atoms with Crippen LogP contribution in [0, 0.1) is 13.8 Å². The van der Waals surface area contributed by atoms with E-state index in [2.05, 4.69) is 37.0 Å². The van der Waals surface area contributed by atoms with E-state index in [1.807, 2.05) is 30.3 Å². The first-order valence-electron chi connectivity index (χ1n) is 9.33. The fourth-order valence-electron chi connectivity index (χ4n) is 3.50. The van der Waals surface area contributed by atoms with Crippen LogP contribution in [0.2, 0.25) is 0 Å². The molecule has 1 heterocycles. The maximum Gasteiger partial charge on any atom is 0.227 e. The van der Waals surface area contributed by atoms with Gasteiger partial charge in [-0.1, -0.05) is 23.8 Å². The Balaban J connectivity index is 1.84. The van der Waals surface area contributed by atoms with Gasteiger partial charge in [0.15, 0.2) is 17.1 Å². The van der Waals surface area contributed by atoms with E-state index in [1.165, 1.54) is 5.56 Å². The van der Waals surface area contributed by atoms with Gasteiger partial charge in [0.2, 0.25) is 11.6 Å². The highest BCUT2D eigenvalue weighted by Gasteiger charge is 2.18. The Morgan fingerprint density at radius 3 is 2.28 bits per heavy atom. The smallest absolute Gasteiger partial charge is 0.227 e. The van der Waals surface area contributed by atoms with E-state index in [-0.39, 0.29) is 0 Å². The average Bonchev–Trinajstić information content (AvgIpc) is 3.17. The third-order valence-electron chi connectivity index (χ3n) is 5.03. The predicted octanol–water partition coefficient (Wildman–Crippen LogP) is 5.80. The summed E-state index contributed by atoms with van der Waals surface area (Å²) in [6.07, 6.45) is 0. The summed E-state index contributed by atoms with van der Waals surface area (Å²) in [5.41, 5.74) is 6.66. The zero-order valence-electron chi connectivity index (χ0n) is 17.2. The van der Waals surface area contributed by atoms with Gasteiger partial charge in [-0.3, -0.25) is 0 Å². The molecule has 0 saturated carbocycles. The zero-order chi connectivity index (χ0) is 20.5. The van der Waals surface area contributed by atoms with E-state index in [1.54, 1.807) is 21.3 Å². The molecular formula is C24H23NO4. The molecule has 0 aliphatic carbocycles. The number of ether oxygens (including phenoxy) is 3. The van der Waals surface area contributed by atoms with Gasteiger partial charge in [-0.25, -0.2) is 4.98 Å². The van der Waals surface area contributed by atoms with Crippen LogP contribution < -0.4 is 14.2 Å². The van der Waals surface area contributed by atoms with E-state index < -0.39 is 0 Å². The highest BCUT2D eigenvalue weighted by Crippen LogP contribution is 2.44. The second kappa shape index (κ2) is 7.51. The van der Waals surface area contributed by atoms with E-state index in [4.69, 9.17) is 18.6 Å². The van der Waals surface area contributed by atoms with E-state index in [0.717, 1.165) is 33.4 Å². The Hall–Kier alpha value is -3.47. The second-order valence-corrected chi connectivity index (χ2v) is 6.90. The number of hydrogen-bond acceptors (Lipinski definition) is 5. The summed E-state index contributed by atoms with van der Waals surface area (Å²) < 4.78 is 22.6. The normalized spacial score (nSPS) is 10.9. The molecule has 29 heavy (non-hydrogen) atoms. The molecule has 3 aromatic carbocycles. The van der Waals surface area contributed by atoms with Crippen LogP contribution in [0.1, 0.15) is 11.1 Å². The summed E-state index contributed by atoms with van der Waals surface area (Å²) in [5, 5.41) is 0. The van der Waals surface area contributed by atoms with Crippen LogP contribution in [-0.4, -0.2) is 26.3 Å². The maximum atomic E-state index is 6.12. The molecular weight excluding hydrogens is 366 g/mol. The highest BCUT2D eigenvalue weighted by molar-refractivity contribution is 5.85. The van der Waals surface area contributed by atoms with Crippen LogP contribution in [0.4, 0.5) is 0 Å². The molecule has 5 heteroatoms. The SMILES string of the molecule is COc1ccc(-c2ccc3nc(-c4cc(C)ccc4C)oc3c2)c(OC)c1OC. The standard InChI is InChI=1S/C24H23NO4/c1-14-6-7-15(2)18(12-14)24-25-19-10-8-16(13-21(19)29-24)17-9-11-20(26-3)23(28-5)22(17)27-4/h6-13H,1-5H3. The van der Waals surface area contributed by atoms with Gasteiger partial charge in [0, 0.05) is 11.1 Å². The predicted molar refractivity (Wildman–Crippen MR) is 114 cm³/mol. The van der Waals surface area contributed by atoms with Crippen molar-refractivity contribution in [2.45, 2.75) is 13.8 Å². The van der Waals surface area contributed by atoms with Crippen molar-refractivity contribution >= 4 is 11.1 Å². The number of oxazole rings is 1. The minimum absolute atomic E-state index is 0.557. The molecule has 148 valence electrons. The summed E-state index contributed by atoms with van der Waals surface area (Å²) >= 11 is 0. The highest BCUT2D eigenvalue weighted by atomic mass is 16.5. The lowest BCUT2D eigenvalue weighted by molar-refractivity contribution is 0.325. The molecule has 0 radical (unpaired) electrons. The number of fused-ring (bicyclic) bond motifs is 1. The van der Waals surface area contributed by atoms with Crippen molar-refractivity contribution < 1.29 is 18.6 Å².